The lowest BCUT2D eigenvalue weighted by Gasteiger charge is -2.06. The Morgan fingerprint density at radius 2 is 1.88 bits per heavy atom. The maximum absolute atomic E-state index is 10.9. The molecule has 0 aromatic rings. The Hall–Kier alpha value is -1.63. The number of aliphatic carboxylic acids is 1. The van der Waals surface area contributed by atoms with E-state index in [1.807, 2.05) is 0 Å². The Balaban J connectivity index is 3.52. The SMILES string of the molecule is CC(O)C(=O)OCC(=O)OCCCC(=O)O. The van der Waals surface area contributed by atoms with Crippen LogP contribution in [0.15, 0.2) is 0 Å². The van der Waals surface area contributed by atoms with Gasteiger partial charge in [-0.1, -0.05) is 0 Å². The van der Waals surface area contributed by atoms with Gasteiger partial charge in [-0.2, -0.15) is 0 Å². The molecule has 0 saturated heterocycles. The normalized spacial score (nSPS) is 11.6. The smallest absolute Gasteiger partial charge is 0.344 e. The van der Waals surface area contributed by atoms with E-state index in [1.54, 1.807) is 0 Å². The second-order valence-corrected chi connectivity index (χ2v) is 3.00. The highest BCUT2D eigenvalue weighted by Crippen LogP contribution is 1.92. The first-order chi connectivity index (χ1) is 7.43. The first-order valence-corrected chi connectivity index (χ1v) is 4.65. The van der Waals surface area contributed by atoms with E-state index in [9.17, 15) is 14.4 Å². The molecule has 0 radical (unpaired) electrons. The number of carbonyl (C=O) groups excluding carboxylic acids is 2. The fraction of sp³-hybridized carbons (Fsp3) is 0.667. The monoisotopic (exact) mass is 234 g/mol. The van der Waals surface area contributed by atoms with Crippen molar-refractivity contribution in [3.05, 3.63) is 0 Å². The minimum Gasteiger partial charge on any atom is -0.481 e. The van der Waals surface area contributed by atoms with Gasteiger partial charge in [0.15, 0.2) is 6.61 Å². The van der Waals surface area contributed by atoms with Gasteiger partial charge in [0.25, 0.3) is 0 Å². The number of hydrogen-bond acceptors (Lipinski definition) is 6. The zero-order valence-corrected chi connectivity index (χ0v) is 8.84. The van der Waals surface area contributed by atoms with E-state index in [0.29, 0.717) is 0 Å². The first-order valence-electron chi connectivity index (χ1n) is 4.65. The number of carboxylic acids is 1. The molecule has 0 heterocycles. The van der Waals surface area contributed by atoms with Crippen molar-refractivity contribution in [3.63, 3.8) is 0 Å². The molecule has 7 nitrogen and oxygen atoms in total. The van der Waals surface area contributed by atoms with Crippen molar-refractivity contribution >= 4 is 17.9 Å². The van der Waals surface area contributed by atoms with Crippen LogP contribution in [0.3, 0.4) is 0 Å². The molecule has 0 rings (SSSR count). The zero-order valence-electron chi connectivity index (χ0n) is 8.84. The van der Waals surface area contributed by atoms with Crippen molar-refractivity contribution in [2.45, 2.75) is 25.9 Å². The van der Waals surface area contributed by atoms with Crippen molar-refractivity contribution in [3.8, 4) is 0 Å². The summed E-state index contributed by atoms with van der Waals surface area (Å²) < 4.78 is 8.93. The number of aliphatic hydroxyl groups is 1. The Labute approximate surface area is 92.0 Å². The molecule has 0 aromatic heterocycles. The van der Waals surface area contributed by atoms with Gasteiger partial charge in [-0.25, -0.2) is 9.59 Å². The lowest BCUT2D eigenvalue weighted by atomic mass is 10.3. The highest BCUT2D eigenvalue weighted by atomic mass is 16.6. The third-order valence-electron chi connectivity index (χ3n) is 1.47. The van der Waals surface area contributed by atoms with Gasteiger partial charge in [0.1, 0.15) is 6.10 Å². The van der Waals surface area contributed by atoms with Crippen molar-refractivity contribution in [2.75, 3.05) is 13.2 Å². The molecular formula is C9H14O7. The molecule has 92 valence electrons. The van der Waals surface area contributed by atoms with Crippen LogP contribution < -0.4 is 0 Å². The zero-order chi connectivity index (χ0) is 12.6. The van der Waals surface area contributed by atoms with Gasteiger partial charge < -0.3 is 19.7 Å². The number of carboxylic acid groups (broad SMARTS) is 1. The average Bonchev–Trinajstić information content (AvgIpc) is 2.20. The predicted octanol–water partition coefficient (Wildman–Crippen LogP) is -0.682. The Morgan fingerprint density at radius 3 is 2.38 bits per heavy atom. The minimum absolute atomic E-state index is 0.0443. The van der Waals surface area contributed by atoms with Crippen LogP contribution >= 0.6 is 0 Å². The fourth-order valence-corrected chi connectivity index (χ4v) is 0.702. The van der Waals surface area contributed by atoms with E-state index in [-0.39, 0.29) is 19.4 Å². The van der Waals surface area contributed by atoms with Crippen LogP contribution in [-0.2, 0) is 23.9 Å². The van der Waals surface area contributed by atoms with E-state index < -0.39 is 30.6 Å². The summed E-state index contributed by atoms with van der Waals surface area (Å²) in [5.41, 5.74) is 0. The molecule has 0 fully saturated rings. The first kappa shape index (κ1) is 14.4. The van der Waals surface area contributed by atoms with Gasteiger partial charge in [0, 0.05) is 6.42 Å². The number of hydrogen-bond donors (Lipinski definition) is 2. The van der Waals surface area contributed by atoms with E-state index >= 15 is 0 Å². The van der Waals surface area contributed by atoms with Crippen LogP contribution in [0.25, 0.3) is 0 Å². The van der Waals surface area contributed by atoms with Crippen LogP contribution in [0, 0.1) is 0 Å². The van der Waals surface area contributed by atoms with Crippen LogP contribution in [0.5, 0.6) is 0 Å². The Morgan fingerprint density at radius 1 is 1.25 bits per heavy atom. The molecule has 16 heavy (non-hydrogen) atoms. The summed E-state index contributed by atoms with van der Waals surface area (Å²) in [5.74, 6) is -2.67. The highest BCUT2D eigenvalue weighted by molar-refractivity contribution is 5.78. The molecule has 0 aliphatic heterocycles. The quantitative estimate of drug-likeness (QED) is 0.443. The highest BCUT2D eigenvalue weighted by Gasteiger charge is 2.13. The van der Waals surface area contributed by atoms with Gasteiger partial charge in [0.05, 0.1) is 6.61 Å². The molecule has 1 atom stereocenters. The molecular weight excluding hydrogens is 220 g/mol. The Bertz CT molecular complexity index is 259. The number of esters is 2. The Kier molecular flexibility index (Phi) is 6.86. The van der Waals surface area contributed by atoms with Crippen LogP contribution in [0.2, 0.25) is 0 Å². The van der Waals surface area contributed by atoms with E-state index in [2.05, 4.69) is 9.47 Å². The number of ether oxygens (including phenoxy) is 2. The van der Waals surface area contributed by atoms with E-state index in [1.165, 1.54) is 6.92 Å². The molecule has 1 unspecified atom stereocenters. The molecule has 0 aliphatic carbocycles. The standard InChI is InChI=1S/C9H14O7/c1-6(10)9(14)16-5-8(13)15-4-2-3-7(11)12/h6,10H,2-5H2,1H3,(H,11,12). The maximum Gasteiger partial charge on any atom is 0.344 e. The summed E-state index contributed by atoms with van der Waals surface area (Å²) in [6.45, 7) is 0.578. The maximum atomic E-state index is 10.9. The number of aliphatic hydroxyl groups excluding tert-OH is 1. The lowest BCUT2D eigenvalue weighted by molar-refractivity contribution is -0.163. The molecule has 0 bridgehead atoms. The van der Waals surface area contributed by atoms with Crippen molar-refractivity contribution in [1.82, 2.24) is 0 Å². The topological polar surface area (TPSA) is 110 Å². The summed E-state index contributed by atoms with van der Waals surface area (Å²) in [6.07, 6.45) is -1.19. The van der Waals surface area contributed by atoms with Gasteiger partial charge in [-0.3, -0.25) is 4.79 Å². The average molecular weight is 234 g/mol. The van der Waals surface area contributed by atoms with Gasteiger partial charge in [-0.15, -0.1) is 0 Å². The molecule has 0 amide bonds. The molecule has 0 saturated carbocycles. The third-order valence-corrected chi connectivity index (χ3v) is 1.47. The summed E-state index contributed by atoms with van der Waals surface area (Å²) >= 11 is 0. The molecule has 0 aliphatic rings. The minimum atomic E-state index is -1.29. The number of carbonyl (C=O) groups is 3. The second kappa shape index (κ2) is 7.63. The number of rotatable bonds is 7. The summed E-state index contributed by atoms with van der Waals surface area (Å²) in [4.78, 5) is 31.7. The van der Waals surface area contributed by atoms with Crippen molar-refractivity contribution in [1.29, 1.82) is 0 Å². The fourth-order valence-electron chi connectivity index (χ4n) is 0.702. The van der Waals surface area contributed by atoms with Crippen LogP contribution in [0.4, 0.5) is 0 Å². The summed E-state index contributed by atoms with van der Waals surface area (Å²) in [6, 6.07) is 0. The lowest BCUT2D eigenvalue weighted by Crippen LogP contribution is -2.24. The van der Waals surface area contributed by atoms with E-state index in [4.69, 9.17) is 10.2 Å². The van der Waals surface area contributed by atoms with E-state index in [0.717, 1.165) is 0 Å². The molecule has 0 spiro atoms. The largest absolute Gasteiger partial charge is 0.481 e. The molecule has 0 aromatic carbocycles. The third kappa shape index (κ3) is 7.74. The van der Waals surface area contributed by atoms with Gasteiger partial charge in [-0.05, 0) is 13.3 Å². The van der Waals surface area contributed by atoms with Gasteiger partial charge >= 0.3 is 17.9 Å². The van der Waals surface area contributed by atoms with Gasteiger partial charge in [0.2, 0.25) is 0 Å². The van der Waals surface area contributed by atoms with Crippen molar-refractivity contribution in [2.24, 2.45) is 0 Å². The van der Waals surface area contributed by atoms with Crippen LogP contribution in [-0.4, -0.2) is 47.4 Å². The predicted molar refractivity (Wildman–Crippen MR) is 50.5 cm³/mol. The molecule has 7 heteroatoms. The summed E-state index contributed by atoms with van der Waals surface area (Å²) in [5, 5.41) is 17.0. The van der Waals surface area contributed by atoms with Crippen molar-refractivity contribution < 1.29 is 34.1 Å². The summed E-state index contributed by atoms with van der Waals surface area (Å²) in [7, 11) is 0. The molecule has 2 N–H and O–H groups in total. The van der Waals surface area contributed by atoms with Crippen LogP contribution in [0.1, 0.15) is 19.8 Å². The second-order valence-electron chi connectivity index (χ2n) is 3.00.